The third-order valence-corrected chi connectivity index (χ3v) is 10.7. The second kappa shape index (κ2) is 11.7. The van der Waals surface area contributed by atoms with E-state index < -0.39 is 61.8 Å². The van der Waals surface area contributed by atoms with Gasteiger partial charge < -0.3 is 14.6 Å². The van der Waals surface area contributed by atoms with E-state index in [1.54, 1.807) is 6.92 Å². The predicted molar refractivity (Wildman–Crippen MR) is 156 cm³/mol. The third kappa shape index (κ3) is 5.77. The quantitative estimate of drug-likeness (QED) is 0.263. The summed E-state index contributed by atoms with van der Waals surface area (Å²) in [6.07, 6.45) is -3.45. The van der Waals surface area contributed by atoms with Gasteiger partial charge in [0.2, 0.25) is 15.8 Å². The number of alkyl halides is 5. The van der Waals surface area contributed by atoms with Gasteiger partial charge in [-0.25, -0.2) is 17.6 Å². The first-order chi connectivity index (χ1) is 22.4. The molecule has 0 bridgehead atoms. The van der Waals surface area contributed by atoms with Gasteiger partial charge in [-0.3, -0.25) is 4.40 Å². The second-order valence-electron chi connectivity index (χ2n) is 11.9. The number of benzene rings is 2. The smallest absolute Gasteiger partial charge is 0.452 e. The van der Waals surface area contributed by atoms with Crippen LogP contribution in [0.15, 0.2) is 53.6 Å². The minimum atomic E-state index is -4.90. The highest BCUT2D eigenvalue weighted by atomic mass is 32.2. The molecule has 2 aliphatic heterocycles. The number of ether oxygens (including phenoxy) is 2. The summed E-state index contributed by atoms with van der Waals surface area (Å²) in [7, 11) is -4.42. The summed E-state index contributed by atoms with van der Waals surface area (Å²) >= 11 is 0. The maximum Gasteiger partial charge on any atom is 0.452 e. The first-order valence-corrected chi connectivity index (χ1v) is 16.1. The molecule has 1 spiro atoms. The van der Waals surface area contributed by atoms with Crippen LogP contribution in [0.5, 0.6) is 5.75 Å². The van der Waals surface area contributed by atoms with E-state index in [2.05, 4.69) is 10.2 Å². The molecule has 6 rings (SSSR count). The third-order valence-electron chi connectivity index (χ3n) is 8.85. The Labute approximate surface area is 270 Å². The van der Waals surface area contributed by atoms with Crippen molar-refractivity contribution in [3.05, 3.63) is 88.1 Å². The molecule has 0 saturated carbocycles. The molecule has 0 radical (unpaired) electrons. The number of sulfonamides is 1. The number of pyridine rings is 1. The number of carboxylic acid groups (broad SMARTS) is 1. The van der Waals surface area contributed by atoms with E-state index in [1.165, 1.54) is 31.2 Å². The van der Waals surface area contributed by atoms with Crippen LogP contribution in [0.25, 0.3) is 5.65 Å². The molecule has 48 heavy (non-hydrogen) atoms. The van der Waals surface area contributed by atoms with Crippen molar-refractivity contribution in [1.82, 2.24) is 18.9 Å². The molecule has 256 valence electrons. The molecule has 1 fully saturated rings. The Morgan fingerprint density at radius 2 is 1.75 bits per heavy atom. The van der Waals surface area contributed by atoms with Crippen molar-refractivity contribution < 1.29 is 54.1 Å². The summed E-state index contributed by atoms with van der Waals surface area (Å²) in [4.78, 5) is 11.5. The summed E-state index contributed by atoms with van der Waals surface area (Å²) in [5, 5.41) is 16.3. The zero-order valence-electron chi connectivity index (χ0n) is 25.4. The van der Waals surface area contributed by atoms with Gasteiger partial charge in [-0.05, 0) is 65.9 Å². The van der Waals surface area contributed by atoms with E-state index in [0.717, 1.165) is 28.7 Å². The predicted octanol–water partition coefficient (Wildman–Crippen LogP) is 5.49. The zero-order valence-corrected chi connectivity index (χ0v) is 26.2. The Morgan fingerprint density at radius 3 is 2.42 bits per heavy atom. The Hall–Kier alpha value is -4.22. The first-order valence-electron chi connectivity index (χ1n) is 14.6. The summed E-state index contributed by atoms with van der Waals surface area (Å²) in [5.41, 5.74) is -1.49. The van der Waals surface area contributed by atoms with Crippen LogP contribution in [-0.2, 0) is 32.3 Å². The Morgan fingerprint density at radius 1 is 1.04 bits per heavy atom. The molecule has 1 atom stereocenters. The van der Waals surface area contributed by atoms with Crippen molar-refractivity contribution in [3.63, 3.8) is 0 Å². The van der Waals surface area contributed by atoms with Gasteiger partial charge in [0.05, 0.1) is 25.7 Å². The van der Waals surface area contributed by atoms with Crippen molar-refractivity contribution in [2.75, 3.05) is 19.8 Å². The van der Waals surface area contributed by atoms with Crippen LogP contribution in [-0.4, -0.2) is 69.7 Å². The molecule has 2 aromatic carbocycles. The summed E-state index contributed by atoms with van der Waals surface area (Å²) in [6, 6.07) is 8.03. The average Bonchev–Trinajstić information content (AvgIpc) is 3.44. The van der Waals surface area contributed by atoms with Gasteiger partial charge in [0, 0.05) is 25.6 Å². The van der Waals surface area contributed by atoms with Crippen LogP contribution in [0.4, 0.5) is 26.3 Å². The van der Waals surface area contributed by atoms with Crippen molar-refractivity contribution >= 4 is 21.6 Å². The number of carboxylic acids is 1. The lowest BCUT2D eigenvalue weighted by molar-refractivity contribution is -0.166. The number of carbonyl (C=O) groups is 1. The van der Waals surface area contributed by atoms with E-state index in [1.807, 2.05) is 0 Å². The van der Waals surface area contributed by atoms with Gasteiger partial charge in [-0.15, -0.1) is 10.2 Å². The molecule has 4 aromatic rings. The summed E-state index contributed by atoms with van der Waals surface area (Å²) < 4.78 is 127. The summed E-state index contributed by atoms with van der Waals surface area (Å²) in [5.74, 6) is -11.4. The second-order valence-corrected chi connectivity index (χ2v) is 13.8. The number of nitrogens with zero attached hydrogens (tertiary/aromatic N) is 4. The number of aromatic nitrogens is 3. The number of halogens is 6. The van der Waals surface area contributed by atoms with Crippen LogP contribution < -0.4 is 4.74 Å². The van der Waals surface area contributed by atoms with Crippen molar-refractivity contribution in [3.8, 4) is 5.75 Å². The lowest BCUT2D eigenvalue weighted by Gasteiger charge is -2.38. The molecule has 2 aromatic heterocycles. The maximum atomic E-state index is 15.7. The molecule has 2 aliphatic rings. The first kappa shape index (κ1) is 33.7. The number of hydrogen-bond donors (Lipinski definition) is 1. The summed E-state index contributed by atoms with van der Waals surface area (Å²) in [6.45, 7) is 2.81. The van der Waals surface area contributed by atoms with Gasteiger partial charge in [0.25, 0.3) is 0 Å². The van der Waals surface area contributed by atoms with Crippen LogP contribution >= 0.6 is 0 Å². The molecule has 0 aliphatic carbocycles. The highest BCUT2D eigenvalue weighted by Crippen LogP contribution is 2.44. The molecule has 10 nitrogen and oxygen atoms in total. The van der Waals surface area contributed by atoms with E-state index in [-0.39, 0.29) is 54.3 Å². The molecule has 0 amide bonds. The van der Waals surface area contributed by atoms with Crippen molar-refractivity contribution in [2.45, 2.75) is 61.7 Å². The normalized spacial score (nSPS) is 18.7. The largest absolute Gasteiger partial charge is 0.484 e. The fourth-order valence-corrected chi connectivity index (χ4v) is 7.88. The van der Waals surface area contributed by atoms with Gasteiger partial charge in [0.15, 0.2) is 5.65 Å². The highest BCUT2D eigenvalue weighted by Gasteiger charge is 2.51. The molecule has 1 unspecified atom stereocenters. The SMILES string of the molecule is Cc1ccc(C(c2ccn3c(C(F)(F)F)nnc3c2C)C(F)(F)C(=O)O)cc1CN1CC2(CCOCC2)Oc2ccc(F)cc2S1(=O)=O. The van der Waals surface area contributed by atoms with Crippen LogP contribution in [0.1, 0.15) is 52.4 Å². The topological polar surface area (TPSA) is 123 Å². The van der Waals surface area contributed by atoms with E-state index >= 15 is 8.78 Å². The molecule has 17 heteroatoms. The van der Waals surface area contributed by atoms with Crippen LogP contribution in [0, 0.1) is 19.7 Å². The van der Waals surface area contributed by atoms with E-state index in [9.17, 15) is 35.9 Å². The standard InChI is InChI=1S/C31H28F6N4O6S/c1-17-3-4-19(25(30(33,34)28(42)43)22-7-10-41-26(18(22)2)38-39-27(41)31(35,36)37)13-20(17)15-40-16-29(8-11-46-12-9-29)47-23-6-5-21(32)14-24(23)48(40,44)45/h3-7,10,13-14,25H,8-9,11-12,15-16H2,1-2H3,(H,42,43). The van der Waals surface area contributed by atoms with E-state index in [4.69, 9.17) is 9.47 Å². The minimum absolute atomic E-state index is 0.0412. The van der Waals surface area contributed by atoms with Crippen LogP contribution in [0.2, 0.25) is 0 Å². The van der Waals surface area contributed by atoms with Crippen LogP contribution in [0.3, 0.4) is 0 Å². The van der Waals surface area contributed by atoms with Crippen molar-refractivity contribution in [2.24, 2.45) is 0 Å². The minimum Gasteiger partial charge on any atom is -0.484 e. The van der Waals surface area contributed by atoms with E-state index in [0.29, 0.717) is 22.8 Å². The fraction of sp³-hybridized carbons (Fsp3) is 0.387. The molecule has 1 saturated heterocycles. The van der Waals surface area contributed by atoms with Gasteiger partial charge >= 0.3 is 18.1 Å². The average molecular weight is 699 g/mol. The monoisotopic (exact) mass is 698 g/mol. The highest BCUT2D eigenvalue weighted by molar-refractivity contribution is 7.89. The Bertz CT molecular complexity index is 2030. The number of rotatable bonds is 6. The van der Waals surface area contributed by atoms with Gasteiger partial charge in [-0.1, -0.05) is 18.2 Å². The molecular formula is C31H28F6N4O6S. The Balaban J connectivity index is 1.47. The molecule has 1 N–H and O–H groups in total. The van der Waals surface area contributed by atoms with Gasteiger partial charge in [-0.2, -0.15) is 26.3 Å². The van der Waals surface area contributed by atoms with Crippen molar-refractivity contribution in [1.29, 1.82) is 0 Å². The number of hydrogen-bond acceptors (Lipinski definition) is 7. The zero-order chi connectivity index (χ0) is 34.8. The Kier molecular flexibility index (Phi) is 8.23. The number of fused-ring (bicyclic) bond motifs is 2. The lowest BCUT2D eigenvalue weighted by atomic mass is 9.83. The molecular weight excluding hydrogens is 670 g/mol. The maximum absolute atomic E-state index is 15.7. The van der Waals surface area contributed by atoms with Gasteiger partial charge in [0.1, 0.15) is 22.1 Å². The number of aliphatic carboxylic acids is 1. The molecule has 4 heterocycles. The fourth-order valence-electron chi connectivity index (χ4n) is 6.27. The number of aryl methyl sites for hydroxylation is 2. The lowest BCUT2D eigenvalue weighted by Crippen LogP contribution is -2.50.